The average molecular weight is 285 g/mol. The number of urea groups is 1. The molecule has 0 aromatic carbocycles. The van der Waals surface area contributed by atoms with Crippen LogP contribution in [0.5, 0.6) is 0 Å². The van der Waals surface area contributed by atoms with E-state index in [0.29, 0.717) is 13.0 Å². The van der Waals surface area contributed by atoms with Crippen molar-refractivity contribution < 1.29 is 9.90 Å². The van der Waals surface area contributed by atoms with Crippen LogP contribution in [0.15, 0.2) is 6.20 Å². The summed E-state index contributed by atoms with van der Waals surface area (Å²) in [5, 5.41) is 15.4. The largest absolute Gasteiger partial charge is 0.396 e. The molecule has 6 heteroatoms. The average Bonchev–Trinajstić information content (AvgIpc) is 2.85. The molecular weight excluding hydrogens is 262 g/mol. The molecule has 5 nitrogen and oxygen atoms in total. The summed E-state index contributed by atoms with van der Waals surface area (Å²) in [6, 6.07) is -0.274. The third-order valence-corrected chi connectivity index (χ3v) is 4.20. The van der Waals surface area contributed by atoms with Gasteiger partial charge in [-0.2, -0.15) is 0 Å². The molecule has 0 fully saturated rings. The van der Waals surface area contributed by atoms with Crippen LogP contribution in [0.3, 0.4) is 0 Å². The fourth-order valence-electron chi connectivity index (χ4n) is 1.59. The molecule has 19 heavy (non-hydrogen) atoms. The quantitative estimate of drug-likeness (QED) is 0.718. The van der Waals surface area contributed by atoms with Crippen LogP contribution in [0, 0.1) is 5.92 Å². The SMILES string of the molecule is CCc1cnc(C(C)NC(=O)NCC(C)CCO)s1. The Kier molecular flexibility index (Phi) is 6.80. The van der Waals surface area contributed by atoms with E-state index in [1.165, 1.54) is 4.88 Å². The standard InChI is InChI=1S/C13H23N3O2S/c1-4-11-8-14-12(19-11)10(3)16-13(18)15-7-9(2)5-6-17/h8-10,17H,4-7H2,1-3H3,(H2,15,16,18). The number of hydrogen-bond donors (Lipinski definition) is 3. The Morgan fingerprint density at radius 1 is 1.53 bits per heavy atom. The van der Waals surface area contributed by atoms with Gasteiger partial charge in [0.2, 0.25) is 0 Å². The minimum Gasteiger partial charge on any atom is -0.396 e. The van der Waals surface area contributed by atoms with Gasteiger partial charge in [0, 0.05) is 24.2 Å². The summed E-state index contributed by atoms with van der Waals surface area (Å²) in [5.41, 5.74) is 0. The molecule has 0 aliphatic heterocycles. The number of nitrogens with one attached hydrogen (secondary N) is 2. The van der Waals surface area contributed by atoms with E-state index in [1.807, 2.05) is 20.0 Å². The number of rotatable bonds is 7. The lowest BCUT2D eigenvalue weighted by atomic mass is 10.1. The van der Waals surface area contributed by atoms with Crippen LogP contribution in [0.4, 0.5) is 4.79 Å². The van der Waals surface area contributed by atoms with Gasteiger partial charge in [-0.3, -0.25) is 0 Å². The molecule has 1 aromatic rings. The second kappa shape index (κ2) is 8.12. The molecule has 0 aliphatic rings. The third-order valence-electron chi connectivity index (χ3n) is 2.87. The van der Waals surface area contributed by atoms with Crippen molar-refractivity contribution >= 4 is 17.4 Å². The fraction of sp³-hybridized carbons (Fsp3) is 0.692. The molecule has 0 radical (unpaired) electrons. The second-order valence-electron chi connectivity index (χ2n) is 4.71. The highest BCUT2D eigenvalue weighted by atomic mass is 32.1. The number of thiazole rings is 1. The number of amides is 2. The molecule has 0 aliphatic carbocycles. The lowest BCUT2D eigenvalue weighted by Gasteiger charge is -2.15. The minimum absolute atomic E-state index is 0.0848. The van der Waals surface area contributed by atoms with E-state index in [-0.39, 0.29) is 24.6 Å². The van der Waals surface area contributed by atoms with Gasteiger partial charge in [-0.25, -0.2) is 9.78 Å². The van der Waals surface area contributed by atoms with Crippen LogP contribution < -0.4 is 10.6 Å². The maximum atomic E-state index is 11.7. The monoisotopic (exact) mass is 285 g/mol. The Bertz CT molecular complexity index is 395. The van der Waals surface area contributed by atoms with Crippen LogP contribution in [0.2, 0.25) is 0 Å². The number of hydrogen-bond acceptors (Lipinski definition) is 4. The number of aromatic nitrogens is 1. The van der Waals surface area contributed by atoms with Crippen molar-refractivity contribution in [3.05, 3.63) is 16.1 Å². The lowest BCUT2D eigenvalue weighted by Crippen LogP contribution is -2.39. The van der Waals surface area contributed by atoms with Crippen molar-refractivity contribution in [2.45, 2.75) is 39.7 Å². The molecule has 2 amide bonds. The van der Waals surface area contributed by atoms with Crippen molar-refractivity contribution in [2.75, 3.05) is 13.2 Å². The Morgan fingerprint density at radius 2 is 2.26 bits per heavy atom. The van der Waals surface area contributed by atoms with Gasteiger partial charge in [-0.05, 0) is 25.7 Å². The van der Waals surface area contributed by atoms with Gasteiger partial charge in [-0.1, -0.05) is 13.8 Å². The number of carbonyl (C=O) groups excluding carboxylic acids is 1. The van der Waals surface area contributed by atoms with E-state index in [4.69, 9.17) is 5.11 Å². The zero-order valence-electron chi connectivity index (χ0n) is 11.8. The maximum absolute atomic E-state index is 11.7. The maximum Gasteiger partial charge on any atom is 0.315 e. The van der Waals surface area contributed by atoms with Gasteiger partial charge in [0.1, 0.15) is 5.01 Å². The summed E-state index contributed by atoms with van der Waals surface area (Å²) in [6.45, 7) is 6.73. The van der Waals surface area contributed by atoms with E-state index >= 15 is 0 Å². The predicted octanol–water partition coefficient (Wildman–Crippen LogP) is 2.08. The Morgan fingerprint density at radius 3 is 2.84 bits per heavy atom. The zero-order valence-corrected chi connectivity index (χ0v) is 12.6. The van der Waals surface area contributed by atoms with Gasteiger partial charge >= 0.3 is 6.03 Å². The summed E-state index contributed by atoms with van der Waals surface area (Å²) in [6.07, 6.45) is 3.52. The van der Waals surface area contributed by atoms with E-state index in [2.05, 4.69) is 22.5 Å². The first kappa shape index (κ1) is 15.9. The van der Waals surface area contributed by atoms with Crippen molar-refractivity contribution in [1.29, 1.82) is 0 Å². The van der Waals surface area contributed by atoms with E-state index in [0.717, 1.165) is 11.4 Å². The molecule has 0 saturated carbocycles. The molecule has 0 bridgehead atoms. The lowest BCUT2D eigenvalue weighted by molar-refractivity contribution is 0.231. The highest BCUT2D eigenvalue weighted by Crippen LogP contribution is 2.19. The van der Waals surface area contributed by atoms with E-state index in [1.54, 1.807) is 11.3 Å². The van der Waals surface area contributed by atoms with Gasteiger partial charge in [0.05, 0.1) is 6.04 Å². The summed E-state index contributed by atoms with van der Waals surface area (Å²) >= 11 is 1.63. The first-order valence-electron chi connectivity index (χ1n) is 6.66. The van der Waals surface area contributed by atoms with Gasteiger partial charge in [-0.15, -0.1) is 11.3 Å². The number of aliphatic hydroxyl groups excluding tert-OH is 1. The molecule has 2 atom stereocenters. The number of nitrogens with zero attached hydrogens (tertiary/aromatic N) is 1. The van der Waals surface area contributed by atoms with E-state index in [9.17, 15) is 4.79 Å². The molecule has 0 spiro atoms. The highest BCUT2D eigenvalue weighted by molar-refractivity contribution is 7.11. The molecular formula is C13H23N3O2S. The first-order chi connectivity index (χ1) is 9.06. The van der Waals surface area contributed by atoms with Crippen LogP contribution in [-0.2, 0) is 6.42 Å². The summed E-state index contributed by atoms with van der Waals surface area (Å²) in [4.78, 5) is 17.2. The van der Waals surface area contributed by atoms with Crippen molar-refractivity contribution in [1.82, 2.24) is 15.6 Å². The zero-order chi connectivity index (χ0) is 14.3. The van der Waals surface area contributed by atoms with E-state index < -0.39 is 0 Å². The van der Waals surface area contributed by atoms with Crippen LogP contribution >= 0.6 is 11.3 Å². The van der Waals surface area contributed by atoms with Gasteiger partial charge in [0.15, 0.2) is 0 Å². The molecule has 2 unspecified atom stereocenters. The third kappa shape index (κ3) is 5.57. The highest BCUT2D eigenvalue weighted by Gasteiger charge is 2.13. The van der Waals surface area contributed by atoms with Crippen LogP contribution in [0.1, 0.15) is 43.1 Å². The minimum atomic E-state index is -0.189. The van der Waals surface area contributed by atoms with Crippen molar-refractivity contribution in [2.24, 2.45) is 5.92 Å². The summed E-state index contributed by atoms with van der Waals surface area (Å²) in [5.74, 6) is 0.276. The smallest absolute Gasteiger partial charge is 0.315 e. The van der Waals surface area contributed by atoms with Gasteiger partial charge < -0.3 is 15.7 Å². The topological polar surface area (TPSA) is 74.2 Å². The summed E-state index contributed by atoms with van der Waals surface area (Å²) < 4.78 is 0. The van der Waals surface area contributed by atoms with Crippen LogP contribution in [-0.4, -0.2) is 29.3 Å². The number of aliphatic hydroxyl groups is 1. The number of aryl methyl sites for hydroxylation is 1. The second-order valence-corrected chi connectivity index (χ2v) is 5.86. The predicted molar refractivity (Wildman–Crippen MR) is 77.3 cm³/mol. The molecule has 1 heterocycles. The molecule has 3 N–H and O–H groups in total. The normalized spacial score (nSPS) is 13.9. The van der Waals surface area contributed by atoms with Crippen LogP contribution in [0.25, 0.3) is 0 Å². The fourth-order valence-corrected chi connectivity index (χ4v) is 2.44. The van der Waals surface area contributed by atoms with Gasteiger partial charge in [0.25, 0.3) is 0 Å². The Labute approximate surface area is 118 Å². The molecule has 0 saturated heterocycles. The number of carbonyl (C=O) groups is 1. The first-order valence-corrected chi connectivity index (χ1v) is 7.48. The molecule has 108 valence electrons. The Balaban J connectivity index is 2.35. The summed E-state index contributed by atoms with van der Waals surface area (Å²) in [7, 11) is 0. The Hall–Kier alpha value is -1.14. The molecule has 1 rings (SSSR count). The van der Waals surface area contributed by atoms with Crippen molar-refractivity contribution in [3.63, 3.8) is 0 Å². The molecule has 1 aromatic heterocycles. The van der Waals surface area contributed by atoms with Crippen molar-refractivity contribution in [3.8, 4) is 0 Å².